The summed E-state index contributed by atoms with van der Waals surface area (Å²) in [6, 6.07) is 11.7. The highest BCUT2D eigenvalue weighted by molar-refractivity contribution is 5.95. The Kier molecular flexibility index (Phi) is 5.18. The molecule has 3 aromatic rings. The van der Waals surface area contributed by atoms with Crippen LogP contribution in [0.25, 0.3) is 10.9 Å². The van der Waals surface area contributed by atoms with Crippen LogP contribution in [0.5, 0.6) is 0 Å². The molecule has 154 valence electrons. The number of hydrogen-bond acceptors (Lipinski definition) is 6. The van der Waals surface area contributed by atoms with Gasteiger partial charge in [-0.05, 0) is 44.0 Å². The summed E-state index contributed by atoms with van der Waals surface area (Å²) in [6.45, 7) is 2.24. The van der Waals surface area contributed by atoms with Gasteiger partial charge < -0.3 is 15.2 Å². The molecule has 2 aromatic carbocycles. The summed E-state index contributed by atoms with van der Waals surface area (Å²) in [5.74, 6) is -0.00944. The topological polar surface area (TPSA) is 121 Å². The number of benzene rings is 2. The Bertz CT molecular complexity index is 1190. The number of rotatable bonds is 7. The van der Waals surface area contributed by atoms with Gasteiger partial charge in [0.2, 0.25) is 0 Å². The average Bonchev–Trinajstić information content (AvgIpc) is 3.56. The second kappa shape index (κ2) is 7.94. The molecule has 0 saturated heterocycles. The molecule has 1 heterocycles. The van der Waals surface area contributed by atoms with Crippen molar-refractivity contribution in [2.75, 3.05) is 11.9 Å². The lowest BCUT2D eigenvalue weighted by Crippen LogP contribution is -2.32. The molecule has 1 fully saturated rings. The normalized spacial score (nSPS) is 13.2. The number of aromatic nitrogens is 2. The molecule has 1 saturated carbocycles. The Morgan fingerprint density at radius 3 is 2.77 bits per heavy atom. The van der Waals surface area contributed by atoms with Gasteiger partial charge in [-0.1, -0.05) is 12.1 Å². The van der Waals surface area contributed by atoms with Crippen molar-refractivity contribution in [2.24, 2.45) is 0 Å². The molecular formula is C21H21N5O4. The highest BCUT2D eigenvalue weighted by Crippen LogP contribution is 2.31. The molecular weight excluding hydrogens is 386 g/mol. The minimum absolute atomic E-state index is 0.0886. The van der Waals surface area contributed by atoms with Crippen molar-refractivity contribution in [2.45, 2.75) is 32.4 Å². The number of carbonyl (C=O) groups is 1. The molecule has 0 aliphatic heterocycles. The monoisotopic (exact) mass is 407 g/mol. The predicted octanol–water partition coefficient (Wildman–Crippen LogP) is 3.07. The number of hydrogen-bond donors (Lipinski definition) is 2. The van der Waals surface area contributed by atoms with Gasteiger partial charge in [0.25, 0.3) is 17.2 Å². The summed E-state index contributed by atoms with van der Waals surface area (Å²) in [5, 5.41) is 15.1. The van der Waals surface area contributed by atoms with Crippen LogP contribution in [-0.2, 0) is 6.54 Å². The zero-order valence-electron chi connectivity index (χ0n) is 16.4. The molecule has 9 nitrogen and oxygen atoms in total. The number of amides is 1. The maximum atomic E-state index is 13.0. The molecule has 4 rings (SSSR count). The SMILES string of the molecule is CCN(Cc1nc2ccccc2c(=O)[nH]1)C(=O)c1ccc(NC2CC2)c([N+](=O)[O-])c1. The fourth-order valence-electron chi connectivity index (χ4n) is 3.29. The Hall–Kier alpha value is -3.75. The van der Waals surface area contributed by atoms with Gasteiger partial charge in [-0.25, -0.2) is 4.98 Å². The molecule has 0 radical (unpaired) electrons. The summed E-state index contributed by atoms with van der Waals surface area (Å²) in [7, 11) is 0. The van der Waals surface area contributed by atoms with E-state index in [0.29, 0.717) is 29.0 Å². The first-order valence-corrected chi connectivity index (χ1v) is 9.78. The predicted molar refractivity (Wildman–Crippen MR) is 113 cm³/mol. The van der Waals surface area contributed by atoms with Crippen LogP contribution in [0.3, 0.4) is 0 Å². The minimum atomic E-state index is -0.486. The summed E-state index contributed by atoms with van der Waals surface area (Å²) < 4.78 is 0. The van der Waals surface area contributed by atoms with Gasteiger partial charge in [-0.15, -0.1) is 0 Å². The van der Waals surface area contributed by atoms with Gasteiger partial charge in [0, 0.05) is 24.2 Å². The lowest BCUT2D eigenvalue weighted by Gasteiger charge is -2.20. The molecule has 0 unspecified atom stereocenters. The van der Waals surface area contributed by atoms with Gasteiger partial charge in [-0.2, -0.15) is 0 Å². The molecule has 2 N–H and O–H groups in total. The molecule has 0 spiro atoms. The number of nitro groups is 1. The van der Waals surface area contributed by atoms with Crippen LogP contribution in [0.1, 0.15) is 35.9 Å². The number of carbonyl (C=O) groups excluding carboxylic acids is 1. The van der Waals surface area contributed by atoms with Crippen LogP contribution in [-0.4, -0.2) is 38.3 Å². The molecule has 1 aliphatic rings. The van der Waals surface area contributed by atoms with E-state index in [2.05, 4.69) is 15.3 Å². The largest absolute Gasteiger partial charge is 0.377 e. The quantitative estimate of drug-likeness (QED) is 0.459. The van der Waals surface area contributed by atoms with Crippen molar-refractivity contribution in [3.8, 4) is 0 Å². The van der Waals surface area contributed by atoms with E-state index in [1.165, 1.54) is 11.0 Å². The zero-order valence-corrected chi connectivity index (χ0v) is 16.4. The van der Waals surface area contributed by atoms with Crippen molar-refractivity contribution in [1.82, 2.24) is 14.9 Å². The molecule has 1 amide bonds. The minimum Gasteiger partial charge on any atom is -0.377 e. The van der Waals surface area contributed by atoms with E-state index in [1.54, 1.807) is 43.3 Å². The van der Waals surface area contributed by atoms with Crippen molar-refractivity contribution in [3.63, 3.8) is 0 Å². The van der Waals surface area contributed by atoms with Crippen LogP contribution in [0.15, 0.2) is 47.3 Å². The number of fused-ring (bicyclic) bond motifs is 1. The molecule has 9 heteroatoms. The molecule has 30 heavy (non-hydrogen) atoms. The van der Waals surface area contributed by atoms with Gasteiger partial charge in [0.05, 0.1) is 22.4 Å². The third kappa shape index (κ3) is 4.00. The molecule has 0 bridgehead atoms. The maximum Gasteiger partial charge on any atom is 0.293 e. The Labute approximate surface area is 171 Å². The van der Waals surface area contributed by atoms with E-state index in [0.717, 1.165) is 12.8 Å². The fourth-order valence-corrected chi connectivity index (χ4v) is 3.29. The van der Waals surface area contributed by atoms with Crippen molar-refractivity contribution >= 4 is 28.2 Å². The van der Waals surface area contributed by atoms with Crippen molar-refractivity contribution < 1.29 is 9.72 Å². The van der Waals surface area contributed by atoms with Crippen LogP contribution in [0, 0.1) is 10.1 Å². The number of nitrogens with zero attached hydrogens (tertiary/aromatic N) is 3. The number of aromatic amines is 1. The van der Waals surface area contributed by atoms with Gasteiger partial charge in [0.1, 0.15) is 11.5 Å². The Balaban J connectivity index is 1.60. The van der Waals surface area contributed by atoms with Crippen molar-refractivity contribution in [3.05, 3.63) is 74.3 Å². The number of nitro benzene ring substituents is 1. The van der Waals surface area contributed by atoms with E-state index >= 15 is 0 Å². The van der Waals surface area contributed by atoms with E-state index in [9.17, 15) is 19.7 Å². The first kappa shape index (κ1) is 19.6. The van der Waals surface area contributed by atoms with E-state index in [1.807, 2.05) is 0 Å². The van der Waals surface area contributed by atoms with Crippen LogP contribution in [0.2, 0.25) is 0 Å². The first-order chi connectivity index (χ1) is 14.5. The van der Waals surface area contributed by atoms with E-state index in [4.69, 9.17) is 0 Å². The molecule has 1 aliphatic carbocycles. The number of anilines is 1. The Morgan fingerprint density at radius 1 is 1.30 bits per heavy atom. The third-order valence-electron chi connectivity index (χ3n) is 5.05. The van der Waals surface area contributed by atoms with Crippen LogP contribution in [0.4, 0.5) is 11.4 Å². The summed E-state index contributed by atoms with van der Waals surface area (Å²) in [5.41, 5.74) is 0.785. The van der Waals surface area contributed by atoms with Crippen molar-refractivity contribution in [1.29, 1.82) is 0 Å². The van der Waals surface area contributed by atoms with Gasteiger partial charge >= 0.3 is 0 Å². The smallest absolute Gasteiger partial charge is 0.293 e. The van der Waals surface area contributed by atoms with Gasteiger partial charge in [-0.3, -0.25) is 19.7 Å². The average molecular weight is 407 g/mol. The lowest BCUT2D eigenvalue weighted by atomic mass is 10.1. The second-order valence-corrected chi connectivity index (χ2v) is 7.26. The number of H-pyrrole nitrogens is 1. The van der Waals surface area contributed by atoms with Crippen LogP contribution >= 0.6 is 0 Å². The second-order valence-electron chi connectivity index (χ2n) is 7.26. The van der Waals surface area contributed by atoms with E-state index in [-0.39, 0.29) is 35.3 Å². The number of para-hydroxylation sites is 1. The maximum absolute atomic E-state index is 13.0. The zero-order chi connectivity index (χ0) is 21.3. The summed E-state index contributed by atoms with van der Waals surface area (Å²) >= 11 is 0. The summed E-state index contributed by atoms with van der Waals surface area (Å²) in [4.78, 5) is 44.9. The van der Waals surface area contributed by atoms with E-state index < -0.39 is 4.92 Å². The standard InChI is InChI=1S/C21H21N5O4/c1-2-25(12-19-23-16-6-4-3-5-15(16)20(27)24-19)21(28)13-7-10-17(22-14-8-9-14)18(11-13)26(29)30/h3-7,10-11,14,22H,2,8-9,12H2,1H3,(H,23,24,27). The molecule has 1 aromatic heterocycles. The van der Waals surface area contributed by atoms with Gasteiger partial charge in [0.15, 0.2) is 0 Å². The highest BCUT2D eigenvalue weighted by Gasteiger charge is 2.26. The fraction of sp³-hybridized carbons (Fsp3) is 0.286. The van der Waals surface area contributed by atoms with Crippen LogP contribution < -0.4 is 10.9 Å². The first-order valence-electron chi connectivity index (χ1n) is 9.78. The summed E-state index contributed by atoms with van der Waals surface area (Å²) in [6.07, 6.45) is 1.97. The molecule has 0 atom stereocenters. The lowest BCUT2D eigenvalue weighted by molar-refractivity contribution is -0.384. The number of nitrogens with one attached hydrogen (secondary N) is 2. The third-order valence-corrected chi connectivity index (χ3v) is 5.05. The Morgan fingerprint density at radius 2 is 2.07 bits per heavy atom. The highest BCUT2D eigenvalue weighted by atomic mass is 16.6.